The minimum Gasteiger partial charge on any atom is -0.313 e. The van der Waals surface area contributed by atoms with Gasteiger partial charge in [0, 0.05) is 12.4 Å². The van der Waals surface area contributed by atoms with Crippen molar-refractivity contribution in [2.24, 2.45) is 0 Å². The lowest BCUT2D eigenvalue weighted by Gasteiger charge is -2.08. The molecule has 0 radical (unpaired) electrons. The zero-order valence-electron chi connectivity index (χ0n) is 5.63. The largest absolute Gasteiger partial charge is 0.346 e. The molecule has 0 aromatic rings. The van der Waals surface area contributed by atoms with Crippen molar-refractivity contribution < 1.29 is 9.09 Å². The standard InChI is InChI=1S/C4H10ClO2PS/c1-4(2)9-8(5,6)7-3/h4H,1-3H3. The van der Waals surface area contributed by atoms with E-state index in [9.17, 15) is 4.57 Å². The van der Waals surface area contributed by atoms with E-state index in [1.54, 1.807) is 0 Å². The van der Waals surface area contributed by atoms with E-state index in [1.165, 1.54) is 7.11 Å². The summed E-state index contributed by atoms with van der Waals surface area (Å²) >= 11 is 6.57. The molecule has 0 spiro atoms. The highest BCUT2D eigenvalue weighted by Crippen LogP contribution is 2.65. The van der Waals surface area contributed by atoms with Gasteiger partial charge < -0.3 is 4.52 Å². The van der Waals surface area contributed by atoms with Gasteiger partial charge in [0.1, 0.15) is 0 Å². The Morgan fingerprint density at radius 3 is 2.22 bits per heavy atom. The SMILES string of the molecule is COP(=O)(Cl)SC(C)C. The fourth-order valence-corrected chi connectivity index (χ4v) is 4.09. The van der Waals surface area contributed by atoms with Crippen LogP contribution in [0.15, 0.2) is 0 Å². The number of halogens is 1. The van der Waals surface area contributed by atoms with Crippen molar-refractivity contribution in [3.63, 3.8) is 0 Å². The predicted molar refractivity (Wildman–Crippen MR) is 43.2 cm³/mol. The summed E-state index contributed by atoms with van der Waals surface area (Å²) in [6, 6.07) is 0. The molecule has 56 valence electrons. The Labute approximate surface area is 64.3 Å². The van der Waals surface area contributed by atoms with Crippen molar-refractivity contribution in [3.8, 4) is 0 Å². The molecule has 0 saturated carbocycles. The molecule has 0 aliphatic carbocycles. The summed E-state index contributed by atoms with van der Waals surface area (Å²) in [6.45, 7) is 3.83. The minimum atomic E-state index is -2.84. The Morgan fingerprint density at radius 2 is 2.11 bits per heavy atom. The van der Waals surface area contributed by atoms with Crippen molar-refractivity contribution in [1.82, 2.24) is 0 Å². The lowest BCUT2D eigenvalue weighted by Crippen LogP contribution is -1.83. The van der Waals surface area contributed by atoms with Crippen molar-refractivity contribution in [2.45, 2.75) is 19.1 Å². The third-order valence-corrected chi connectivity index (χ3v) is 5.26. The fraction of sp³-hybridized carbons (Fsp3) is 1.00. The molecule has 9 heavy (non-hydrogen) atoms. The van der Waals surface area contributed by atoms with Crippen molar-refractivity contribution in [2.75, 3.05) is 7.11 Å². The Morgan fingerprint density at radius 1 is 1.67 bits per heavy atom. The monoisotopic (exact) mass is 188 g/mol. The first kappa shape index (κ1) is 9.83. The molecule has 0 heterocycles. The zero-order chi connectivity index (χ0) is 7.49. The summed E-state index contributed by atoms with van der Waals surface area (Å²) in [5.74, 6) is -2.84. The second-order valence-corrected chi connectivity index (χ2v) is 8.16. The van der Waals surface area contributed by atoms with Crippen molar-refractivity contribution >= 4 is 28.5 Å². The molecule has 0 fully saturated rings. The lowest BCUT2D eigenvalue weighted by atomic mass is 10.6. The van der Waals surface area contributed by atoms with Gasteiger partial charge in [-0.05, 0) is 11.2 Å². The van der Waals surface area contributed by atoms with Gasteiger partial charge in [0.05, 0.1) is 0 Å². The fourth-order valence-electron chi connectivity index (χ4n) is 0.295. The van der Waals surface area contributed by atoms with Crippen LogP contribution in [-0.2, 0) is 9.09 Å². The van der Waals surface area contributed by atoms with Crippen LogP contribution in [0.4, 0.5) is 0 Å². The first-order valence-corrected chi connectivity index (χ1v) is 6.53. The first-order valence-electron chi connectivity index (χ1n) is 2.52. The topological polar surface area (TPSA) is 26.3 Å². The highest BCUT2D eigenvalue weighted by Gasteiger charge is 2.19. The molecule has 0 aliphatic heterocycles. The van der Waals surface area contributed by atoms with Crippen molar-refractivity contribution in [3.05, 3.63) is 0 Å². The van der Waals surface area contributed by atoms with Gasteiger partial charge in [-0.15, -0.1) is 0 Å². The van der Waals surface area contributed by atoms with Gasteiger partial charge in [0.15, 0.2) is 0 Å². The van der Waals surface area contributed by atoms with Gasteiger partial charge in [0.25, 0.3) is 0 Å². The van der Waals surface area contributed by atoms with Gasteiger partial charge in [-0.1, -0.05) is 25.2 Å². The molecular formula is C4H10ClO2PS. The maximum atomic E-state index is 10.9. The van der Waals surface area contributed by atoms with Crippen LogP contribution in [-0.4, -0.2) is 12.4 Å². The third kappa shape index (κ3) is 5.28. The molecule has 0 bridgehead atoms. The Kier molecular flexibility index (Phi) is 4.22. The van der Waals surface area contributed by atoms with E-state index >= 15 is 0 Å². The molecule has 0 aromatic heterocycles. The Hall–Kier alpha value is 0.830. The predicted octanol–water partition coefficient (Wildman–Crippen LogP) is 3.12. The molecule has 5 heteroatoms. The van der Waals surface area contributed by atoms with Crippen LogP contribution in [0.25, 0.3) is 0 Å². The first-order chi connectivity index (χ1) is 3.98. The van der Waals surface area contributed by atoms with E-state index in [1.807, 2.05) is 13.8 Å². The molecule has 0 aliphatic rings. The van der Waals surface area contributed by atoms with Crippen LogP contribution in [0, 0.1) is 0 Å². The molecule has 2 nitrogen and oxygen atoms in total. The van der Waals surface area contributed by atoms with Gasteiger partial charge >= 0.3 is 5.92 Å². The average Bonchev–Trinajstić information content (AvgIpc) is 1.63. The molecule has 1 unspecified atom stereocenters. The Bertz CT molecular complexity index is 128. The normalized spacial score (nSPS) is 17.9. The molecule has 0 rings (SSSR count). The summed E-state index contributed by atoms with van der Waals surface area (Å²) in [5.41, 5.74) is 0. The summed E-state index contributed by atoms with van der Waals surface area (Å²) in [4.78, 5) is 0. The van der Waals surface area contributed by atoms with Gasteiger partial charge in [0.2, 0.25) is 0 Å². The smallest absolute Gasteiger partial charge is 0.313 e. The zero-order valence-corrected chi connectivity index (χ0v) is 8.09. The van der Waals surface area contributed by atoms with E-state index in [2.05, 4.69) is 4.52 Å². The van der Waals surface area contributed by atoms with E-state index < -0.39 is 5.92 Å². The van der Waals surface area contributed by atoms with E-state index in [4.69, 9.17) is 11.2 Å². The van der Waals surface area contributed by atoms with Crippen LogP contribution >= 0.6 is 28.5 Å². The molecule has 0 amide bonds. The van der Waals surface area contributed by atoms with Crippen LogP contribution in [0.2, 0.25) is 0 Å². The Balaban J connectivity index is 3.73. The van der Waals surface area contributed by atoms with Crippen molar-refractivity contribution in [1.29, 1.82) is 0 Å². The highest BCUT2D eigenvalue weighted by molar-refractivity contribution is 8.64. The summed E-state index contributed by atoms with van der Waals surface area (Å²) < 4.78 is 15.4. The van der Waals surface area contributed by atoms with Crippen LogP contribution in [0.5, 0.6) is 0 Å². The van der Waals surface area contributed by atoms with Crippen LogP contribution in [0.3, 0.4) is 0 Å². The second kappa shape index (κ2) is 3.87. The maximum Gasteiger partial charge on any atom is 0.346 e. The number of hydrogen-bond donors (Lipinski definition) is 0. The molecular weight excluding hydrogens is 179 g/mol. The highest BCUT2D eigenvalue weighted by atomic mass is 35.7. The van der Waals surface area contributed by atoms with E-state index in [-0.39, 0.29) is 5.25 Å². The quantitative estimate of drug-likeness (QED) is 0.637. The van der Waals surface area contributed by atoms with E-state index in [0.717, 1.165) is 11.4 Å². The third-order valence-electron chi connectivity index (χ3n) is 0.555. The summed E-state index contributed by atoms with van der Waals surface area (Å²) in [5, 5.41) is 0.244. The van der Waals surface area contributed by atoms with Gasteiger partial charge in [-0.25, -0.2) is 0 Å². The maximum absolute atomic E-state index is 10.9. The summed E-state index contributed by atoms with van der Waals surface area (Å²) in [6.07, 6.45) is 0. The minimum absolute atomic E-state index is 0.244. The van der Waals surface area contributed by atoms with Gasteiger partial charge in [-0.2, -0.15) is 0 Å². The van der Waals surface area contributed by atoms with Crippen LogP contribution < -0.4 is 0 Å². The second-order valence-electron chi connectivity index (χ2n) is 1.77. The number of rotatable bonds is 3. The van der Waals surface area contributed by atoms with E-state index in [0.29, 0.717) is 0 Å². The average molecular weight is 189 g/mol. The molecule has 1 atom stereocenters. The van der Waals surface area contributed by atoms with Gasteiger partial charge in [-0.3, -0.25) is 4.57 Å². The number of hydrogen-bond acceptors (Lipinski definition) is 3. The molecule has 0 N–H and O–H groups in total. The summed E-state index contributed by atoms with van der Waals surface area (Å²) in [7, 11) is 1.35. The molecule has 0 saturated heterocycles. The lowest BCUT2D eigenvalue weighted by molar-refractivity contribution is 0.422. The van der Waals surface area contributed by atoms with Crippen LogP contribution in [0.1, 0.15) is 13.8 Å². The molecule has 0 aromatic carbocycles.